The lowest BCUT2D eigenvalue weighted by atomic mass is 10.1. The van der Waals surface area contributed by atoms with Crippen molar-refractivity contribution in [2.45, 2.75) is 20.1 Å². The van der Waals surface area contributed by atoms with Gasteiger partial charge < -0.3 is 9.47 Å². The number of hydrogen-bond acceptors (Lipinski definition) is 5. The van der Waals surface area contributed by atoms with Crippen LogP contribution in [0.5, 0.6) is 11.5 Å². The largest absolute Gasteiger partial charge is 0.493 e. The Morgan fingerprint density at radius 2 is 1.64 bits per heavy atom. The quantitative estimate of drug-likeness (QED) is 0.405. The fourth-order valence-electron chi connectivity index (χ4n) is 3.30. The van der Waals surface area contributed by atoms with Gasteiger partial charge in [-0.05, 0) is 65.7 Å². The monoisotopic (exact) mass is 463 g/mol. The molecule has 33 heavy (non-hydrogen) atoms. The van der Waals surface area contributed by atoms with Crippen LogP contribution in [0.25, 0.3) is 6.08 Å². The number of rotatable bonds is 7. The maximum Gasteiger partial charge on any atom is 0.293 e. The molecule has 0 aliphatic carbocycles. The Morgan fingerprint density at radius 3 is 2.33 bits per heavy atom. The van der Waals surface area contributed by atoms with Crippen molar-refractivity contribution in [3.8, 4) is 11.5 Å². The Balaban J connectivity index is 1.47. The summed E-state index contributed by atoms with van der Waals surface area (Å²) < 4.78 is 24.3. The van der Waals surface area contributed by atoms with E-state index in [1.807, 2.05) is 31.2 Å². The normalized spacial score (nSPS) is 14.8. The van der Waals surface area contributed by atoms with Crippen LogP contribution in [0.3, 0.4) is 0 Å². The molecule has 0 saturated carbocycles. The van der Waals surface area contributed by atoms with Crippen LogP contribution in [0, 0.1) is 12.7 Å². The van der Waals surface area contributed by atoms with E-state index in [1.165, 1.54) is 24.1 Å². The van der Waals surface area contributed by atoms with E-state index in [9.17, 15) is 14.0 Å². The molecule has 3 aromatic rings. The topological polar surface area (TPSA) is 55.8 Å². The zero-order valence-electron chi connectivity index (χ0n) is 18.2. The molecule has 0 bridgehead atoms. The number of nitrogens with zero attached hydrogens (tertiary/aromatic N) is 1. The molecule has 1 aliphatic rings. The summed E-state index contributed by atoms with van der Waals surface area (Å²) in [6.07, 6.45) is 1.67. The first-order valence-corrected chi connectivity index (χ1v) is 11.1. The van der Waals surface area contributed by atoms with Crippen molar-refractivity contribution < 1.29 is 23.5 Å². The molecular weight excluding hydrogens is 441 g/mol. The lowest BCUT2D eigenvalue weighted by Gasteiger charge is -2.13. The van der Waals surface area contributed by atoms with Crippen LogP contribution in [0.15, 0.2) is 71.6 Å². The number of halogens is 1. The van der Waals surface area contributed by atoms with Gasteiger partial charge in [-0.3, -0.25) is 14.5 Å². The summed E-state index contributed by atoms with van der Waals surface area (Å²) in [4.78, 5) is 26.9. The molecule has 1 saturated heterocycles. The highest BCUT2D eigenvalue weighted by Gasteiger charge is 2.35. The average Bonchev–Trinajstić information content (AvgIpc) is 3.07. The van der Waals surface area contributed by atoms with Gasteiger partial charge in [-0.1, -0.05) is 48.0 Å². The highest BCUT2D eigenvalue weighted by atomic mass is 32.2. The van der Waals surface area contributed by atoms with Crippen LogP contribution in [0.2, 0.25) is 0 Å². The van der Waals surface area contributed by atoms with E-state index in [0.717, 1.165) is 28.5 Å². The standard InChI is InChI=1S/C26H22FNO4S/c1-17-3-5-18(6-4-17)15-28-25(29)24(33-26(28)30)14-20-9-12-22(23(13-20)31-2)32-16-19-7-10-21(27)11-8-19/h3-14H,15-16H2,1-2H3/b24-14-. The number of thioether (sulfide) groups is 1. The minimum atomic E-state index is -0.318. The molecule has 0 radical (unpaired) electrons. The number of hydrogen-bond donors (Lipinski definition) is 0. The fourth-order valence-corrected chi connectivity index (χ4v) is 4.14. The molecule has 3 aromatic carbocycles. The second-order valence-corrected chi connectivity index (χ2v) is 8.57. The number of aryl methyl sites for hydroxylation is 1. The van der Waals surface area contributed by atoms with Crippen LogP contribution < -0.4 is 9.47 Å². The minimum absolute atomic E-state index is 0.238. The van der Waals surface area contributed by atoms with E-state index in [1.54, 1.807) is 36.4 Å². The molecule has 1 aliphatic heterocycles. The lowest BCUT2D eigenvalue weighted by Crippen LogP contribution is -2.27. The SMILES string of the molecule is COc1cc(/C=C2\SC(=O)N(Cc3ccc(C)cc3)C2=O)ccc1OCc1ccc(F)cc1. The molecule has 5 nitrogen and oxygen atoms in total. The van der Waals surface area contributed by atoms with E-state index in [0.29, 0.717) is 22.0 Å². The van der Waals surface area contributed by atoms with Gasteiger partial charge in [0.1, 0.15) is 12.4 Å². The maximum absolute atomic E-state index is 13.1. The third kappa shape index (κ3) is 5.43. The third-order valence-electron chi connectivity index (χ3n) is 5.13. The molecular formula is C26H22FNO4S. The van der Waals surface area contributed by atoms with E-state index in [-0.39, 0.29) is 30.1 Å². The van der Waals surface area contributed by atoms with E-state index >= 15 is 0 Å². The number of benzene rings is 3. The molecule has 1 heterocycles. The van der Waals surface area contributed by atoms with Gasteiger partial charge in [0.25, 0.3) is 11.1 Å². The predicted octanol–water partition coefficient (Wildman–Crippen LogP) is 5.96. The van der Waals surface area contributed by atoms with Crippen molar-refractivity contribution in [2.75, 3.05) is 7.11 Å². The molecule has 4 rings (SSSR count). The zero-order chi connectivity index (χ0) is 23.4. The van der Waals surface area contributed by atoms with Crippen LogP contribution >= 0.6 is 11.8 Å². The van der Waals surface area contributed by atoms with E-state index in [2.05, 4.69) is 0 Å². The average molecular weight is 464 g/mol. The number of ether oxygens (including phenoxy) is 2. The zero-order valence-corrected chi connectivity index (χ0v) is 19.0. The second-order valence-electron chi connectivity index (χ2n) is 7.58. The highest BCUT2D eigenvalue weighted by molar-refractivity contribution is 8.18. The van der Waals surface area contributed by atoms with Gasteiger partial charge in [0.2, 0.25) is 0 Å². The second kappa shape index (κ2) is 9.92. The van der Waals surface area contributed by atoms with E-state index in [4.69, 9.17) is 9.47 Å². The van der Waals surface area contributed by atoms with Crippen molar-refractivity contribution in [3.63, 3.8) is 0 Å². The van der Waals surface area contributed by atoms with E-state index < -0.39 is 0 Å². The molecule has 0 N–H and O–H groups in total. The van der Waals surface area contributed by atoms with Gasteiger partial charge in [-0.15, -0.1) is 0 Å². The van der Waals surface area contributed by atoms with Crippen molar-refractivity contribution in [1.29, 1.82) is 0 Å². The molecule has 0 aromatic heterocycles. The van der Waals surface area contributed by atoms with Crippen LogP contribution in [0.4, 0.5) is 9.18 Å². The Kier molecular flexibility index (Phi) is 6.79. The lowest BCUT2D eigenvalue weighted by molar-refractivity contribution is -0.123. The van der Waals surface area contributed by atoms with Crippen molar-refractivity contribution in [2.24, 2.45) is 0 Å². The Hall–Kier alpha value is -3.58. The van der Waals surface area contributed by atoms with Gasteiger partial charge >= 0.3 is 0 Å². The Labute approximate surface area is 195 Å². The number of methoxy groups -OCH3 is 1. The number of imide groups is 1. The van der Waals surface area contributed by atoms with Crippen molar-refractivity contribution in [1.82, 2.24) is 4.90 Å². The predicted molar refractivity (Wildman–Crippen MR) is 126 cm³/mol. The number of amides is 2. The molecule has 2 amide bonds. The molecule has 7 heteroatoms. The summed E-state index contributed by atoms with van der Waals surface area (Å²) >= 11 is 0.921. The summed E-state index contributed by atoms with van der Waals surface area (Å²) in [5.74, 6) is 0.390. The molecule has 0 atom stereocenters. The van der Waals surface area contributed by atoms with Gasteiger partial charge in [0.15, 0.2) is 11.5 Å². The first-order chi connectivity index (χ1) is 15.9. The third-order valence-corrected chi connectivity index (χ3v) is 6.04. The number of carbonyl (C=O) groups is 2. The van der Waals surface area contributed by atoms with Gasteiger partial charge in [0, 0.05) is 0 Å². The summed E-state index contributed by atoms with van der Waals surface area (Å²) in [6.45, 7) is 2.48. The van der Waals surface area contributed by atoms with Crippen LogP contribution in [-0.4, -0.2) is 23.2 Å². The summed E-state index contributed by atoms with van der Waals surface area (Å²) in [5, 5.41) is -0.293. The summed E-state index contributed by atoms with van der Waals surface area (Å²) in [5.41, 5.74) is 3.55. The van der Waals surface area contributed by atoms with Gasteiger partial charge in [0.05, 0.1) is 18.6 Å². The highest BCUT2D eigenvalue weighted by Crippen LogP contribution is 2.35. The van der Waals surface area contributed by atoms with Gasteiger partial charge in [-0.2, -0.15) is 0 Å². The smallest absolute Gasteiger partial charge is 0.293 e. The first-order valence-electron chi connectivity index (χ1n) is 10.3. The minimum Gasteiger partial charge on any atom is -0.493 e. The molecule has 0 unspecified atom stereocenters. The summed E-state index contributed by atoms with van der Waals surface area (Å²) in [7, 11) is 1.53. The number of carbonyl (C=O) groups excluding carboxylic acids is 2. The Bertz CT molecular complexity index is 1210. The van der Waals surface area contributed by atoms with Gasteiger partial charge in [-0.25, -0.2) is 4.39 Å². The van der Waals surface area contributed by atoms with Crippen molar-refractivity contribution in [3.05, 3.63) is 99.7 Å². The fraction of sp³-hybridized carbons (Fsp3) is 0.154. The summed E-state index contributed by atoms with van der Waals surface area (Å²) in [6, 6.07) is 19.1. The molecule has 1 fully saturated rings. The maximum atomic E-state index is 13.1. The van der Waals surface area contributed by atoms with Crippen LogP contribution in [-0.2, 0) is 17.9 Å². The molecule has 0 spiro atoms. The Morgan fingerprint density at radius 1 is 0.939 bits per heavy atom. The van der Waals surface area contributed by atoms with Crippen LogP contribution in [0.1, 0.15) is 22.3 Å². The first kappa shape index (κ1) is 22.6. The molecule has 168 valence electrons. The van der Waals surface area contributed by atoms with Crippen molar-refractivity contribution >= 4 is 29.0 Å².